The van der Waals surface area contributed by atoms with Crippen LogP contribution in [-0.4, -0.2) is 27.9 Å². The summed E-state index contributed by atoms with van der Waals surface area (Å²) < 4.78 is 11.5. The summed E-state index contributed by atoms with van der Waals surface area (Å²) in [5.74, 6) is 1.41. The molecule has 0 saturated carbocycles. The molecule has 1 N–H and O–H groups in total. The van der Waals surface area contributed by atoms with Gasteiger partial charge in [0.25, 0.3) is 0 Å². The number of nitrogens with zero attached hydrogens (tertiary/aromatic N) is 3. The fourth-order valence-corrected chi connectivity index (χ4v) is 3.78. The van der Waals surface area contributed by atoms with Crippen molar-refractivity contribution in [3.05, 3.63) is 83.7 Å². The van der Waals surface area contributed by atoms with Gasteiger partial charge in [0.1, 0.15) is 11.4 Å². The van der Waals surface area contributed by atoms with Crippen molar-refractivity contribution in [1.82, 2.24) is 9.99 Å². The highest BCUT2D eigenvalue weighted by atomic mass is 16.5. The SMILES string of the molecule is COc1cc(C2=NN3[C@@H](C2)c2ccccc2O[C@H]3c2ccccn2)ccc1O. The van der Waals surface area contributed by atoms with Crippen molar-refractivity contribution >= 4 is 5.71 Å². The second-order valence-electron chi connectivity index (χ2n) is 6.80. The molecule has 3 heterocycles. The smallest absolute Gasteiger partial charge is 0.230 e. The molecule has 0 radical (unpaired) electrons. The minimum atomic E-state index is -0.391. The summed E-state index contributed by atoms with van der Waals surface area (Å²) in [5, 5.41) is 16.8. The van der Waals surface area contributed by atoms with E-state index in [-0.39, 0.29) is 11.8 Å². The van der Waals surface area contributed by atoms with Gasteiger partial charge in [0.2, 0.25) is 6.23 Å². The Morgan fingerprint density at radius 2 is 1.96 bits per heavy atom. The predicted molar refractivity (Wildman–Crippen MR) is 104 cm³/mol. The fourth-order valence-electron chi connectivity index (χ4n) is 3.78. The van der Waals surface area contributed by atoms with Crippen LogP contribution >= 0.6 is 0 Å². The number of hydrogen-bond donors (Lipinski definition) is 1. The first-order valence-corrected chi connectivity index (χ1v) is 9.14. The van der Waals surface area contributed by atoms with Gasteiger partial charge in [-0.05, 0) is 36.4 Å². The molecule has 6 heteroatoms. The van der Waals surface area contributed by atoms with Gasteiger partial charge >= 0.3 is 0 Å². The maximum Gasteiger partial charge on any atom is 0.230 e. The maximum atomic E-state index is 9.90. The van der Waals surface area contributed by atoms with E-state index in [0.29, 0.717) is 5.75 Å². The van der Waals surface area contributed by atoms with Gasteiger partial charge in [-0.3, -0.25) is 4.98 Å². The number of hydrazone groups is 1. The Kier molecular flexibility index (Phi) is 3.90. The van der Waals surface area contributed by atoms with Gasteiger partial charge in [0.05, 0.1) is 18.9 Å². The van der Waals surface area contributed by atoms with Crippen LogP contribution < -0.4 is 9.47 Å². The first kappa shape index (κ1) is 16.6. The molecule has 0 spiro atoms. The number of rotatable bonds is 3. The highest BCUT2D eigenvalue weighted by molar-refractivity contribution is 6.02. The van der Waals surface area contributed by atoms with Crippen LogP contribution in [0, 0.1) is 0 Å². The lowest BCUT2D eigenvalue weighted by molar-refractivity contribution is -0.0218. The van der Waals surface area contributed by atoms with E-state index < -0.39 is 6.23 Å². The van der Waals surface area contributed by atoms with E-state index in [0.717, 1.165) is 34.7 Å². The molecule has 1 aromatic heterocycles. The summed E-state index contributed by atoms with van der Waals surface area (Å²) in [7, 11) is 1.54. The van der Waals surface area contributed by atoms with Crippen molar-refractivity contribution in [3.8, 4) is 17.2 Å². The Bertz CT molecular complexity index is 1050. The normalized spacial score (nSPS) is 20.0. The van der Waals surface area contributed by atoms with Gasteiger partial charge in [-0.2, -0.15) is 5.10 Å². The van der Waals surface area contributed by atoms with Crippen LogP contribution in [0.15, 0.2) is 72.0 Å². The van der Waals surface area contributed by atoms with E-state index in [1.807, 2.05) is 53.5 Å². The standard InChI is InChI=1S/C22H19N3O3/c1-27-21-12-14(9-10-19(21)26)17-13-18-15-6-2-3-8-20(15)28-22(25(18)24-17)16-7-4-5-11-23-16/h2-12,18,22,26H,13H2,1H3/t18-,22-/m0/s1. The Morgan fingerprint density at radius 1 is 1.11 bits per heavy atom. The second kappa shape index (κ2) is 6.56. The van der Waals surface area contributed by atoms with Crippen LogP contribution in [0.4, 0.5) is 0 Å². The number of aromatic nitrogens is 1. The summed E-state index contributed by atoms with van der Waals surface area (Å²) in [5.41, 5.74) is 3.76. The van der Waals surface area contributed by atoms with Crippen LogP contribution in [0.25, 0.3) is 0 Å². The zero-order chi connectivity index (χ0) is 19.1. The Morgan fingerprint density at radius 3 is 2.79 bits per heavy atom. The molecule has 0 amide bonds. The van der Waals surface area contributed by atoms with Crippen LogP contribution in [0.3, 0.4) is 0 Å². The van der Waals surface area contributed by atoms with E-state index in [4.69, 9.17) is 14.6 Å². The van der Waals surface area contributed by atoms with Crippen molar-refractivity contribution in [3.63, 3.8) is 0 Å². The molecule has 6 nitrogen and oxygen atoms in total. The molecule has 5 rings (SSSR count). The lowest BCUT2D eigenvalue weighted by Crippen LogP contribution is -2.34. The van der Waals surface area contributed by atoms with E-state index in [1.54, 1.807) is 19.4 Å². The Labute approximate surface area is 162 Å². The molecule has 3 aromatic rings. The average Bonchev–Trinajstić information content (AvgIpc) is 3.20. The van der Waals surface area contributed by atoms with Crippen LogP contribution in [0.5, 0.6) is 17.2 Å². The zero-order valence-electron chi connectivity index (χ0n) is 15.3. The van der Waals surface area contributed by atoms with Crippen molar-refractivity contribution in [2.24, 2.45) is 5.10 Å². The molecule has 140 valence electrons. The summed E-state index contributed by atoms with van der Waals surface area (Å²) in [6.07, 6.45) is 2.11. The first-order chi connectivity index (χ1) is 13.7. The number of phenolic OH excluding ortho intramolecular Hbond substituents is 1. The molecule has 2 aliphatic heterocycles. The topological polar surface area (TPSA) is 67.2 Å². The molecule has 2 aliphatic rings. The summed E-state index contributed by atoms with van der Waals surface area (Å²) in [6.45, 7) is 0. The molecule has 0 saturated heterocycles. The van der Waals surface area contributed by atoms with Crippen LogP contribution in [0.2, 0.25) is 0 Å². The fraction of sp³-hybridized carbons (Fsp3) is 0.182. The summed E-state index contributed by atoms with van der Waals surface area (Å²) in [6, 6.07) is 19.2. The molecule has 0 bridgehead atoms. The number of benzene rings is 2. The van der Waals surface area contributed by atoms with Gasteiger partial charge in [0, 0.05) is 23.7 Å². The molecule has 0 unspecified atom stereocenters. The zero-order valence-corrected chi connectivity index (χ0v) is 15.3. The molecule has 2 aromatic carbocycles. The molecule has 0 fully saturated rings. The molecule has 28 heavy (non-hydrogen) atoms. The van der Waals surface area contributed by atoms with Gasteiger partial charge in [-0.15, -0.1) is 0 Å². The number of pyridine rings is 1. The number of aromatic hydroxyl groups is 1. The first-order valence-electron chi connectivity index (χ1n) is 9.14. The van der Waals surface area contributed by atoms with Gasteiger partial charge in [0.15, 0.2) is 11.5 Å². The number of methoxy groups -OCH3 is 1. The highest BCUT2D eigenvalue weighted by Gasteiger charge is 2.41. The van der Waals surface area contributed by atoms with Crippen LogP contribution in [0.1, 0.15) is 35.5 Å². The molecule has 2 atom stereocenters. The quantitative estimate of drug-likeness (QED) is 0.751. The third-order valence-corrected chi connectivity index (χ3v) is 5.15. The van der Waals surface area contributed by atoms with E-state index in [9.17, 15) is 5.11 Å². The third kappa shape index (κ3) is 2.65. The van der Waals surface area contributed by atoms with E-state index in [1.165, 1.54) is 0 Å². The molecular formula is C22H19N3O3. The number of phenols is 1. The van der Waals surface area contributed by atoms with Gasteiger partial charge < -0.3 is 14.6 Å². The van der Waals surface area contributed by atoms with Crippen molar-refractivity contribution in [2.75, 3.05) is 7.11 Å². The minimum Gasteiger partial charge on any atom is -0.504 e. The van der Waals surface area contributed by atoms with Crippen molar-refractivity contribution in [2.45, 2.75) is 18.7 Å². The summed E-state index contributed by atoms with van der Waals surface area (Å²) in [4.78, 5) is 4.48. The largest absolute Gasteiger partial charge is 0.504 e. The van der Waals surface area contributed by atoms with Crippen LogP contribution in [-0.2, 0) is 0 Å². The lowest BCUT2D eigenvalue weighted by atomic mass is 9.96. The average molecular weight is 373 g/mol. The predicted octanol–water partition coefficient (Wildman–Crippen LogP) is 4.04. The highest BCUT2D eigenvalue weighted by Crippen LogP contribution is 2.47. The van der Waals surface area contributed by atoms with Crippen molar-refractivity contribution < 1.29 is 14.6 Å². The number of hydrogen-bond acceptors (Lipinski definition) is 6. The number of fused-ring (bicyclic) bond motifs is 3. The minimum absolute atomic E-state index is 0.0618. The Hall–Kier alpha value is -3.54. The number of ether oxygens (including phenoxy) is 2. The van der Waals surface area contributed by atoms with E-state index in [2.05, 4.69) is 11.1 Å². The Balaban J connectivity index is 1.58. The number of para-hydroxylation sites is 1. The van der Waals surface area contributed by atoms with E-state index >= 15 is 0 Å². The van der Waals surface area contributed by atoms with Gasteiger partial charge in [-0.1, -0.05) is 24.3 Å². The van der Waals surface area contributed by atoms with Crippen molar-refractivity contribution in [1.29, 1.82) is 0 Å². The second-order valence-corrected chi connectivity index (χ2v) is 6.80. The van der Waals surface area contributed by atoms with Gasteiger partial charge in [-0.25, -0.2) is 5.01 Å². The molecular weight excluding hydrogens is 354 g/mol. The maximum absolute atomic E-state index is 9.90. The lowest BCUT2D eigenvalue weighted by Gasteiger charge is -2.37. The summed E-state index contributed by atoms with van der Waals surface area (Å²) >= 11 is 0. The molecule has 0 aliphatic carbocycles. The third-order valence-electron chi connectivity index (χ3n) is 5.15. The monoisotopic (exact) mass is 373 g/mol.